The summed E-state index contributed by atoms with van der Waals surface area (Å²) in [7, 11) is 1.46. The Morgan fingerprint density at radius 3 is 2.39 bits per heavy atom. The van der Waals surface area contributed by atoms with Crippen molar-refractivity contribution in [3.05, 3.63) is 113 Å². The van der Waals surface area contributed by atoms with Crippen LogP contribution in [-0.4, -0.2) is 160 Å². The first-order valence-corrected chi connectivity index (χ1v) is 33.5. The van der Waals surface area contributed by atoms with Gasteiger partial charge in [0, 0.05) is 74.6 Å². The monoisotopic (exact) mass is 1310 g/mol. The number of imide groups is 1. The highest BCUT2D eigenvalue weighted by Crippen LogP contribution is 2.59. The predicted octanol–water partition coefficient (Wildman–Crippen LogP) is 4.19. The number of amides is 7. The van der Waals surface area contributed by atoms with Gasteiger partial charge in [0.25, 0.3) is 23.3 Å². The summed E-state index contributed by atoms with van der Waals surface area (Å²) in [5, 5.41) is 22.3. The molecule has 4 aliphatic rings. The van der Waals surface area contributed by atoms with Gasteiger partial charge < -0.3 is 58.6 Å². The maximum absolute atomic E-state index is 14.0. The number of nitrogens with zero attached hydrogens (tertiary/aromatic N) is 7. The molecule has 34 heteroatoms. The third-order valence-corrected chi connectivity index (χ3v) is 18.0. The fourth-order valence-electron chi connectivity index (χ4n) is 10.2. The van der Waals surface area contributed by atoms with Crippen molar-refractivity contribution >= 4 is 102 Å². The lowest BCUT2D eigenvalue weighted by molar-refractivity contribution is -0.137. The molecule has 9 rings (SSSR count). The van der Waals surface area contributed by atoms with Gasteiger partial charge in [0.1, 0.15) is 49.4 Å². The van der Waals surface area contributed by atoms with Crippen LogP contribution < -0.4 is 31.6 Å². The van der Waals surface area contributed by atoms with E-state index in [0.29, 0.717) is 48.4 Å². The molecule has 0 spiro atoms. The van der Waals surface area contributed by atoms with Crippen LogP contribution in [-0.2, 0) is 81.1 Å². The van der Waals surface area contributed by atoms with E-state index < -0.39 is 104 Å². The van der Waals surface area contributed by atoms with Gasteiger partial charge in [0.2, 0.25) is 29.5 Å². The third-order valence-electron chi connectivity index (χ3n) is 14.8. The van der Waals surface area contributed by atoms with Crippen molar-refractivity contribution in [2.45, 2.75) is 121 Å². The molecule has 2 unspecified atom stereocenters. The Morgan fingerprint density at radius 1 is 0.910 bits per heavy atom. The highest BCUT2D eigenvalue weighted by atomic mass is 32.7. The molecule has 1 saturated carbocycles. The van der Waals surface area contributed by atoms with Gasteiger partial charge >= 0.3 is 19.6 Å². The number of rotatable bonds is 21. The van der Waals surface area contributed by atoms with E-state index in [1.165, 1.54) is 54.2 Å². The second-order valence-electron chi connectivity index (χ2n) is 21.8. The van der Waals surface area contributed by atoms with Crippen LogP contribution in [0.1, 0.15) is 87.0 Å². The van der Waals surface area contributed by atoms with Gasteiger partial charge in [-0.25, -0.2) is 24.3 Å². The molecule has 476 valence electrons. The summed E-state index contributed by atoms with van der Waals surface area (Å²) in [6, 6.07) is 12.4. The lowest BCUT2D eigenvalue weighted by Gasteiger charge is -2.27. The topological polar surface area (TPSA) is 386 Å². The van der Waals surface area contributed by atoms with Crippen molar-refractivity contribution < 1.29 is 80.4 Å². The number of anilines is 2. The summed E-state index contributed by atoms with van der Waals surface area (Å²) in [6.45, 7) is -4.24. The molecule has 3 fully saturated rings. The Bertz CT molecular complexity index is 3620. The largest absolute Gasteiger partial charge is 0.474 e. The van der Waals surface area contributed by atoms with Crippen molar-refractivity contribution in [1.29, 1.82) is 0 Å². The second kappa shape index (κ2) is 29.1. The minimum absolute atomic E-state index is 0.0929. The molecule has 11 atom stereocenters. The maximum Gasteiger partial charge on any atom is 0.410 e. The molecule has 7 amide bonds. The molecule has 30 nitrogen and oxygen atoms in total. The number of fused-ring (bicyclic) bond motifs is 4. The first-order valence-electron chi connectivity index (χ1n) is 28.3. The molecular weight excluding hydrogens is 1240 g/mol. The normalized spacial score (nSPS) is 25.0. The quantitative estimate of drug-likeness (QED) is 0.0221. The highest BCUT2D eigenvalue weighted by molar-refractivity contribution is 8.44. The van der Waals surface area contributed by atoms with E-state index in [0.717, 1.165) is 11.2 Å². The average Bonchev–Trinajstić information content (AvgIpc) is 1.99. The minimum atomic E-state index is -4.37. The Balaban J connectivity index is 0.764. The number of aromatic nitrogens is 6. The number of aromatic amines is 1. The zero-order valence-electron chi connectivity index (χ0n) is 48.4. The first-order chi connectivity index (χ1) is 42.4. The molecule has 3 aliphatic heterocycles. The van der Waals surface area contributed by atoms with Crippen molar-refractivity contribution in [3.63, 3.8) is 0 Å². The summed E-state index contributed by atoms with van der Waals surface area (Å²) in [4.78, 5) is 136. The SMILES string of the molecule is CC(C)[C@H](NC(=O)CCCCCN1C(=O)C=CC1=O)C(=O)N[C@@H](C)C(=O)Nc1ccc(COC(=O)N(C)Cc2ccccc2C(=O)Nc2nc3c(ncn3[C@@H]3O[C@@H]4COP(O)(=S)O[C@H]5C[C@H](Oc6ccncn6)C[C@@H]5COP(=O)(S)O[C@@H]3[C@@H]4O)c(=O)[nH]2)cc1. The smallest absolute Gasteiger partial charge is 0.410 e. The molecular formula is C55H66N12O18P2S2. The summed E-state index contributed by atoms with van der Waals surface area (Å²) >= 11 is 9.61. The number of aliphatic hydroxyl groups is 1. The van der Waals surface area contributed by atoms with Gasteiger partial charge in [-0.2, -0.15) is 4.98 Å². The number of carbonyl (C=O) groups excluding carboxylic acids is 7. The van der Waals surface area contributed by atoms with Crippen LogP contribution in [0, 0.1) is 11.8 Å². The number of carbonyl (C=O) groups is 7. The number of ether oxygens (including phenoxy) is 3. The van der Waals surface area contributed by atoms with Gasteiger partial charge in [-0.15, -0.1) is 0 Å². The van der Waals surface area contributed by atoms with Crippen molar-refractivity contribution in [1.82, 2.24) is 49.9 Å². The predicted molar refractivity (Wildman–Crippen MR) is 322 cm³/mol. The first kappa shape index (κ1) is 66.1. The Hall–Kier alpha value is -7.35. The molecule has 3 aromatic heterocycles. The number of unbranched alkanes of at least 4 members (excludes halogenated alkanes) is 2. The van der Waals surface area contributed by atoms with Crippen molar-refractivity contribution in [2.75, 3.05) is 37.4 Å². The number of H-pyrrole nitrogens is 1. The number of benzene rings is 2. The number of imidazole rings is 1. The van der Waals surface area contributed by atoms with E-state index in [1.807, 2.05) is 0 Å². The van der Waals surface area contributed by atoms with Crippen molar-refractivity contribution in [2.24, 2.45) is 11.8 Å². The number of nitrogens with one attached hydrogen (secondary N) is 5. The van der Waals surface area contributed by atoms with E-state index >= 15 is 0 Å². The maximum atomic E-state index is 14.0. The summed E-state index contributed by atoms with van der Waals surface area (Å²) in [5.41, 5.74) is 0.223. The van der Waals surface area contributed by atoms with Gasteiger partial charge in [0.15, 0.2) is 17.4 Å². The van der Waals surface area contributed by atoms with Crippen LogP contribution >= 0.6 is 25.8 Å². The van der Waals surface area contributed by atoms with E-state index in [-0.39, 0.29) is 85.5 Å². The summed E-state index contributed by atoms with van der Waals surface area (Å²) in [6.07, 6.45) is 0.694. The fraction of sp³-hybridized carbons (Fsp3) is 0.455. The highest BCUT2D eigenvalue weighted by Gasteiger charge is 2.51. The van der Waals surface area contributed by atoms with Crippen molar-refractivity contribution in [3.8, 4) is 5.88 Å². The van der Waals surface area contributed by atoms with Crippen LogP contribution in [0.5, 0.6) is 5.88 Å². The number of hydrogen-bond acceptors (Lipinski definition) is 22. The molecule has 2 saturated heterocycles. The van der Waals surface area contributed by atoms with Crippen LogP contribution in [0.4, 0.5) is 16.4 Å². The number of thiol groups is 1. The average molecular weight is 1310 g/mol. The molecule has 89 heavy (non-hydrogen) atoms. The molecule has 5 aromatic rings. The van der Waals surface area contributed by atoms with Crippen LogP contribution in [0.15, 0.2) is 90.4 Å². The standard InChI is InChI=1S/C55H66N12O18P2S2/c1-30(2)44(61-40(68)12-6-5-9-21-66-42(69)17-18-43(66)70)51(74)59-31(3)49(72)60-35-15-13-32(14-16-35)25-79-55(76)65(4)24-33-10-7-8-11-37(33)50(73)63-54-62-48-45(52(75)64-54)58-29-67(48)53-47-46(71)39(83-53)27-81-86(77,88)84-38-23-36(82-41-19-20-56-28-57-41)22-34(38)26-80-87(78,89)85-47/h7-8,10-11,13-20,28-31,34,36,38-39,44,46-47,53,71H,5-6,9,12,21-27H2,1-4H3,(H,59,74)(H,60,72)(H,61,68)(H,77,88)(H,78,89)(H2,62,63,64,73,75)/t31-,34+,36+,38-,39+,44-,46+,47+,53+,86?,87?/m0/s1. The van der Waals surface area contributed by atoms with Crippen LogP contribution in [0.25, 0.3) is 11.2 Å². The van der Waals surface area contributed by atoms with E-state index in [4.69, 9.17) is 44.1 Å². The lowest BCUT2D eigenvalue weighted by atomic mass is 10.0. The Morgan fingerprint density at radius 2 is 1.66 bits per heavy atom. The lowest BCUT2D eigenvalue weighted by Crippen LogP contribution is -2.53. The minimum Gasteiger partial charge on any atom is -0.474 e. The molecule has 1 aliphatic carbocycles. The fourth-order valence-corrected chi connectivity index (χ4v) is 13.2. The van der Waals surface area contributed by atoms with Crippen LogP contribution in [0.3, 0.4) is 0 Å². The molecule has 2 bridgehead atoms. The second-order valence-corrected chi connectivity index (χ2v) is 27.4. The van der Waals surface area contributed by atoms with Gasteiger partial charge in [-0.1, -0.05) is 62.8 Å². The van der Waals surface area contributed by atoms with E-state index in [9.17, 15) is 52.9 Å². The van der Waals surface area contributed by atoms with E-state index in [2.05, 4.69) is 58.4 Å². The number of aliphatic hydroxyl groups excluding tert-OH is 1. The summed E-state index contributed by atoms with van der Waals surface area (Å²) < 4.78 is 56.2. The van der Waals surface area contributed by atoms with Gasteiger partial charge in [-0.3, -0.25) is 57.9 Å². The molecule has 7 N–H and O–H groups in total. The van der Waals surface area contributed by atoms with Gasteiger partial charge in [0.05, 0.1) is 25.6 Å². The van der Waals surface area contributed by atoms with E-state index in [1.54, 1.807) is 62.4 Å². The molecule has 0 radical (unpaired) electrons. The Labute approximate surface area is 519 Å². The van der Waals surface area contributed by atoms with Crippen LogP contribution in [0.2, 0.25) is 0 Å². The zero-order valence-corrected chi connectivity index (χ0v) is 51.9. The summed E-state index contributed by atoms with van der Waals surface area (Å²) in [5.74, 6) is -3.80. The Kier molecular flexibility index (Phi) is 21.6. The van der Waals surface area contributed by atoms with Gasteiger partial charge in [-0.05, 0) is 73.2 Å². The third kappa shape index (κ3) is 17.1. The molecule has 6 heterocycles. The number of hydrogen-bond donors (Lipinski definition) is 8. The molecule has 2 aromatic carbocycles. The zero-order chi connectivity index (χ0) is 63.7.